The maximum atomic E-state index is 13.1. The van der Waals surface area contributed by atoms with Crippen LogP contribution in [0.4, 0.5) is 0 Å². The molecule has 2 fully saturated rings. The van der Waals surface area contributed by atoms with Gasteiger partial charge in [-0.3, -0.25) is 9.69 Å². The molecule has 0 N–H and O–H groups in total. The van der Waals surface area contributed by atoms with Gasteiger partial charge >= 0.3 is 0 Å². The van der Waals surface area contributed by atoms with Crippen LogP contribution in [0.2, 0.25) is 0 Å². The summed E-state index contributed by atoms with van der Waals surface area (Å²) < 4.78 is 8.05. The molecule has 1 aliphatic heterocycles. The molecule has 0 bridgehead atoms. The van der Waals surface area contributed by atoms with E-state index in [1.165, 1.54) is 12.8 Å². The molecule has 9 heteroatoms. The smallest absolute Gasteiger partial charge is 0.185 e. The molecular weight excluding hydrogens is 460 g/mol. The SMILES string of the molecule is CCN1CCC[C@H]1[C@H](C)n1ncc2c(SC)nc(-c3noc4c3CCC[C@@]43CCCCC3=O)nc21. The number of fused-ring (bicyclic) bond motifs is 3. The summed E-state index contributed by atoms with van der Waals surface area (Å²) in [6.07, 6.45) is 12.6. The van der Waals surface area contributed by atoms with Gasteiger partial charge < -0.3 is 4.52 Å². The molecule has 186 valence electrons. The zero-order valence-electron chi connectivity index (χ0n) is 20.9. The topological polar surface area (TPSA) is 89.9 Å². The van der Waals surface area contributed by atoms with Crippen LogP contribution in [0.15, 0.2) is 15.7 Å². The molecule has 35 heavy (non-hydrogen) atoms. The van der Waals surface area contributed by atoms with E-state index in [1.807, 2.05) is 12.5 Å². The molecule has 1 saturated carbocycles. The molecule has 3 aromatic heterocycles. The lowest BCUT2D eigenvalue weighted by atomic mass is 9.64. The fraction of sp³-hybridized carbons (Fsp3) is 0.654. The van der Waals surface area contributed by atoms with Gasteiger partial charge in [0, 0.05) is 18.0 Å². The number of rotatable bonds is 5. The van der Waals surface area contributed by atoms with Crippen LogP contribution in [-0.4, -0.2) is 61.0 Å². The van der Waals surface area contributed by atoms with Crippen LogP contribution >= 0.6 is 11.8 Å². The van der Waals surface area contributed by atoms with Crippen LogP contribution in [0.5, 0.6) is 0 Å². The standard InChI is InChI=1S/C26H34N6O2S/c1-4-31-14-8-10-19(31)16(2)32-24-18(15-27-32)25(35-3)29-23(28-24)21-17-9-7-13-26(22(17)34-30-21)12-6-5-11-20(26)33/h15-16,19H,4-14H2,1-3H3/t16-,19-,26+/m0/s1. The molecule has 0 radical (unpaired) electrons. The van der Waals surface area contributed by atoms with E-state index in [4.69, 9.17) is 19.6 Å². The number of thioether (sulfide) groups is 1. The van der Waals surface area contributed by atoms with Gasteiger partial charge in [-0.2, -0.15) is 5.10 Å². The minimum Gasteiger partial charge on any atom is -0.359 e. The van der Waals surface area contributed by atoms with E-state index in [0.717, 1.165) is 79.0 Å². The van der Waals surface area contributed by atoms with Crippen molar-refractivity contribution >= 4 is 28.6 Å². The number of likely N-dealkylation sites (N-methyl/N-ethyl adjacent to an activating group) is 1. The number of hydrogen-bond acceptors (Lipinski definition) is 8. The highest BCUT2D eigenvalue weighted by Crippen LogP contribution is 2.47. The average Bonchev–Trinajstić information content (AvgIpc) is 3.63. The Hall–Kier alpha value is -2.26. The molecule has 4 heterocycles. The Balaban J connectivity index is 1.45. The molecule has 3 aromatic rings. The number of ketones is 1. The average molecular weight is 495 g/mol. The summed E-state index contributed by atoms with van der Waals surface area (Å²) in [5.74, 6) is 1.68. The number of carbonyl (C=O) groups is 1. The van der Waals surface area contributed by atoms with Gasteiger partial charge in [0.2, 0.25) is 0 Å². The number of nitrogens with zero attached hydrogens (tertiary/aromatic N) is 6. The zero-order chi connectivity index (χ0) is 24.2. The van der Waals surface area contributed by atoms with Gasteiger partial charge in [0.25, 0.3) is 0 Å². The summed E-state index contributed by atoms with van der Waals surface area (Å²) in [5.41, 5.74) is 2.09. The largest absolute Gasteiger partial charge is 0.359 e. The van der Waals surface area contributed by atoms with Crippen molar-refractivity contribution in [2.24, 2.45) is 0 Å². The normalized spacial score (nSPS) is 26.0. The third-order valence-corrected chi connectivity index (χ3v) is 9.33. The Labute approximate surface area is 210 Å². The van der Waals surface area contributed by atoms with Crippen molar-refractivity contribution in [3.05, 3.63) is 17.5 Å². The summed E-state index contributed by atoms with van der Waals surface area (Å²) in [6, 6.07) is 0.665. The van der Waals surface area contributed by atoms with Gasteiger partial charge in [-0.15, -0.1) is 11.8 Å². The minimum atomic E-state index is -0.494. The lowest BCUT2D eigenvalue weighted by Gasteiger charge is -2.36. The maximum absolute atomic E-state index is 13.1. The second-order valence-electron chi connectivity index (χ2n) is 10.4. The van der Waals surface area contributed by atoms with Gasteiger partial charge in [0.15, 0.2) is 22.9 Å². The molecule has 0 amide bonds. The Morgan fingerprint density at radius 1 is 1.20 bits per heavy atom. The van der Waals surface area contributed by atoms with E-state index in [1.54, 1.807) is 11.8 Å². The van der Waals surface area contributed by atoms with E-state index >= 15 is 0 Å². The first-order valence-corrected chi connectivity index (χ1v) is 14.4. The summed E-state index contributed by atoms with van der Waals surface area (Å²) in [6.45, 7) is 6.68. The number of Topliss-reactive ketones (excluding diaryl/α,β-unsaturated/α-hetero) is 1. The Bertz CT molecular complexity index is 1270. The first-order valence-electron chi connectivity index (χ1n) is 13.1. The number of likely N-dealkylation sites (tertiary alicyclic amines) is 1. The maximum Gasteiger partial charge on any atom is 0.185 e. The second-order valence-corrected chi connectivity index (χ2v) is 11.2. The highest BCUT2D eigenvalue weighted by Gasteiger charge is 2.48. The summed E-state index contributed by atoms with van der Waals surface area (Å²) in [5, 5.41) is 11.2. The predicted molar refractivity (Wildman–Crippen MR) is 136 cm³/mol. The minimum absolute atomic E-state index is 0.210. The molecule has 1 spiro atoms. The van der Waals surface area contributed by atoms with Crippen molar-refractivity contribution < 1.29 is 9.32 Å². The summed E-state index contributed by atoms with van der Waals surface area (Å²) in [4.78, 5) is 25.6. The van der Waals surface area contributed by atoms with Crippen LogP contribution in [-0.2, 0) is 16.6 Å². The van der Waals surface area contributed by atoms with Crippen molar-refractivity contribution in [3.8, 4) is 11.5 Å². The fourth-order valence-electron chi connectivity index (χ4n) is 6.78. The Morgan fingerprint density at radius 3 is 2.86 bits per heavy atom. The summed E-state index contributed by atoms with van der Waals surface area (Å²) >= 11 is 1.60. The molecule has 3 atom stereocenters. The molecule has 1 saturated heterocycles. The second kappa shape index (κ2) is 9.00. The molecule has 3 aliphatic rings. The molecular formula is C26H34N6O2S. The lowest BCUT2D eigenvalue weighted by Crippen LogP contribution is -2.41. The fourth-order valence-corrected chi connectivity index (χ4v) is 7.32. The zero-order valence-corrected chi connectivity index (χ0v) is 21.7. The van der Waals surface area contributed by atoms with Crippen molar-refractivity contribution in [3.63, 3.8) is 0 Å². The van der Waals surface area contributed by atoms with E-state index in [-0.39, 0.29) is 6.04 Å². The van der Waals surface area contributed by atoms with Gasteiger partial charge in [-0.05, 0) is 71.2 Å². The Kier molecular flexibility index (Phi) is 5.95. The van der Waals surface area contributed by atoms with E-state index in [2.05, 4.69) is 28.6 Å². The highest BCUT2D eigenvalue weighted by atomic mass is 32.2. The number of aromatic nitrogens is 5. The molecule has 2 aliphatic carbocycles. The van der Waals surface area contributed by atoms with Crippen molar-refractivity contribution in [2.45, 2.75) is 94.2 Å². The number of hydrogen-bond donors (Lipinski definition) is 0. The summed E-state index contributed by atoms with van der Waals surface area (Å²) in [7, 11) is 0. The van der Waals surface area contributed by atoms with Crippen LogP contribution < -0.4 is 0 Å². The van der Waals surface area contributed by atoms with Gasteiger partial charge in [-0.1, -0.05) is 18.5 Å². The predicted octanol–water partition coefficient (Wildman–Crippen LogP) is 4.97. The molecule has 0 aromatic carbocycles. The monoisotopic (exact) mass is 494 g/mol. The van der Waals surface area contributed by atoms with E-state index < -0.39 is 5.41 Å². The first kappa shape index (κ1) is 23.2. The van der Waals surface area contributed by atoms with Crippen molar-refractivity contribution in [1.29, 1.82) is 0 Å². The number of carbonyl (C=O) groups excluding carboxylic acids is 1. The van der Waals surface area contributed by atoms with Gasteiger partial charge in [-0.25, -0.2) is 14.6 Å². The van der Waals surface area contributed by atoms with Crippen LogP contribution in [0.1, 0.15) is 82.6 Å². The van der Waals surface area contributed by atoms with Crippen LogP contribution in [0.3, 0.4) is 0 Å². The quantitative estimate of drug-likeness (QED) is 0.363. The lowest BCUT2D eigenvalue weighted by molar-refractivity contribution is -0.128. The van der Waals surface area contributed by atoms with Crippen LogP contribution in [0, 0.1) is 0 Å². The molecule has 6 rings (SSSR count). The third-order valence-electron chi connectivity index (χ3n) is 8.63. The molecule has 0 unspecified atom stereocenters. The Morgan fingerprint density at radius 2 is 2.06 bits per heavy atom. The van der Waals surface area contributed by atoms with Gasteiger partial charge in [0.1, 0.15) is 10.8 Å². The third kappa shape index (κ3) is 3.56. The van der Waals surface area contributed by atoms with E-state index in [0.29, 0.717) is 29.8 Å². The van der Waals surface area contributed by atoms with Crippen LogP contribution in [0.25, 0.3) is 22.6 Å². The highest BCUT2D eigenvalue weighted by molar-refractivity contribution is 7.98. The first-order chi connectivity index (χ1) is 17.1. The van der Waals surface area contributed by atoms with Crippen molar-refractivity contribution in [2.75, 3.05) is 19.3 Å². The van der Waals surface area contributed by atoms with E-state index in [9.17, 15) is 4.79 Å². The molecule has 8 nitrogen and oxygen atoms in total. The van der Waals surface area contributed by atoms with Crippen molar-refractivity contribution in [1.82, 2.24) is 29.8 Å². The van der Waals surface area contributed by atoms with Gasteiger partial charge in [0.05, 0.1) is 23.0 Å².